The molecule has 0 saturated carbocycles. The van der Waals surface area contributed by atoms with Gasteiger partial charge in [0.15, 0.2) is 0 Å². The van der Waals surface area contributed by atoms with E-state index in [0.29, 0.717) is 26.3 Å². The molecule has 0 aliphatic carbocycles. The van der Waals surface area contributed by atoms with Crippen LogP contribution in [0.2, 0.25) is 0 Å². The Bertz CT molecular complexity index is 96.5. The lowest BCUT2D eigenvalue weighted by Gasteiger charge is -2.25. The first-order valence-electron chi connectivity index (χ1n) is 3.03. The van der Waals surface area contributed by atoms with Crippen molar-refractivity contribution < 1.29 is 14.3 Å². The van der Waals surface area contributed by atoms with Crippen molar-refractivity contribution in [1.29, 1.82) is 0 Å². The lowest BCUT2D eigenvalue weighted by Crippen LogP contribution is -2.35. The summed E-state index contributed by atoms with van der Waals surface area (Å²) in [7, 11) is -1.75. The molecule has 0 aromatic rings. The molecule has 1 fully saturated rings. The second-order valence-electron chi connectivity index (χ2n) is 1.93. The van der Waals surface area contributed by atoms with Gasteiger partial charge in [0, 0.05) is 13.1 Å². The minimum absolute atomic E-state index is 0.642. The van der Waals surface area contributed by atoms with Gasteiger partial charge in [-0.25, -0.2) is 4.62 Å². The van der Waals surface area contributed by atoms with E-state index in [4.69, 9.17) is 19.8 Å². The number of hydroxylamine groups is 2. The molecule has 3 N–H and O–H groups in total. The Morgan fingerprint density at radius 3 is 2.60 bits per heavy atom. The molecule has 0 aromatic carbocycles. The van der Waals surface area contributed by atoms with Crippen molar-refractivity contribution in [3.63, 3.8) is 0 Å². The maximum absolute atomic E-state index is 8.64. The van der Waals surface area contributed by atoms with Crippen molar-refractivity contribution >= 4 is 8.53 Å². The fourth-order valence-corrected chi connectivity index (χ4v) is 1.15. The highest BCUT2D eigenvalue weighted by Crippen LogP contribution is 2.21. The van der Waals surface area contributed by atoms with Crippen LogP contribution in [-0.4, -0.2) is 36.3 Å². The number of ether oxygens (including phenoxy) is 1. The zero-order valence-electron chi connectivity index (χ0n) is 5.56. The predicted octanol–water partition coefficient (Wildman–Crippen LogP) is -0.572. The third-order valence-corrected chi connectivity index (χ3v) is 1.57. The average molecular weight is 166 g/mol. The van der Waals surface area contributed by atoms with Gasteiger partial charge < -0.3 is 9.63 Å². The summed E-state index contributed by atoms with van der Waals surface area (Å²) < 4.78 is 9.89. The number of hydrogen-bond acceptors (Lipinski definition) is 5. The van der Waals surface area contributed by atoms with Crippen LogP contribution < -0.4 is 5.50 Å². The van der Waals surface area contributed by atoms with E-state index in [1.807, 2.05) is 0 Å². The zero-order valence-corrected chi connectivity index (χ0v) is 6.46. The molecule has 0 spiro atoms. The van der Waals surface area contributed by atoms with Gasteiger partial charge in [-0.3, -0.25) is 5.50 Å². The quantitative estimate of drug-likeness (QED) is 0.537. The third kappa shape index (κ3) is 2.88. The van der Waals surface area contributed by atoms with E-state index in [1.165, 1.54) is 0 Å². The molecule has 0 radical (unpaired) electrons. The summed E-state index contributed by atoms with van der Waals surface area (Å²) in [5.74, 6) is 0. The Labute approximate surface area is 60.6 Å². The fraction of sp³-hybridized carbons (Fsp3) is 1.00. The molecule has 1 saturated heterocycles. The normalized spacial score (nSPS) is 24.6. The van der Waals surface area contributed by atoms with Crippen LogP contribution in [0.4, 0.5) is 0 Å². The van der Waals surface area contributed by atoms with Gasteiger partial charge in [-0.2, -0.15) is 5.06 Å². The van der Waals surface area contributed by atoms with Crippen LogP contribution >= 0.6 is 8.53 Å². The van der Waals surface area contributed by atoms with Crippen LogP contribution in [0.3, 0.4) is 0 Å². The summed E-state index contributed by atoms with van der Waals surface area (Å²) in [4.78, 5) is 8.64. The van der Waals surface area contributed by atoms with Crippen LogP contribution in [-0.2, 0) is 9.36 Å². The van der Waals surface area contributed by atoms with Crippen molar-refractivity contribution in [2.75, 3.05) is 26.3 Å². The molecular formula is C4H11N2O3P. The van der Waals surface area contributed by atoms with Crippen molar-refractivity contribution in [2.24, 2.45) is 5.50 Å². The summed E-state index contributed by atoms with van der Waals surface area (Å²) in [6, 6.07) is 0. The van der Waals surface area contributed by atoms with Gasteiger partial charge in [-0.1, -0.05) is 0 Å². The molecule has 60 valence electrons. The average Bonchev–Trinajstić information content (AvgIpc) is 1.88. The highest BCUT2D eigenvalue weighted by atomic mass is 31.2. The first-order chi connectivity index (χ1) is 4.79. The second kappa shape index (κ2) is 4.18. The summed E-state index contributed by atoms with van der Waals surface area (Å²) in [5.41, 5.74) is 5.04. The standard InChI is InChI=1S/C4H11N2O3P/c5-10(7)9-6-1-3-8-4-2-6/h7H,1-5H2. The second-order valence-corrected chi connectivity index (χ2v) is 2.69. The summed E-state index contributed by atoms with van der Waals surface area (Å²) in [5, 5.41) is 1.62. The Hall–Kier alpha value is 0.230. The SMILES string of the molecule is NP(O)ON1CCOCC1. The number of nitrogens with zero attached hydrogens (tertiary/aromatic N) is 1. The Morgan fingerprint density at radius 2 is 2.10 bits per heavy atom. The van der Waals surface area contributed by atoms with E-state index in [-0.39, 0.29) is 0 Å². The molecular weight excluding hydrogens is 155 g/mol. The summed E-state index contributed by atoms with van der Waals surface area (Å²) in [6.07, 6.45) is 0. The van der Waals surface area contributed by atoms with Gasteiger partial charge in [0.25, 0.3) is 8.53 Å². The fourth-order valence-electron chi connectivity index (χ4n) is 0.747. The Morgan fingerprint density at radius 1 is 1.50 bits per heavy atom. The molecule has 1 atom stereocenters. The van der Waals surface area contributed by atoms with Crippen molar-refractivity contribution in [3.8, 4) is 0 Å². The third-order valence-electron chi connectivity index (χ3n) is 1.17. The van der Waals surface area contributed by atoms with E-state index < -0.39 is 8.53 Å². The van der Waals surface area contributed by atoms with E-state index in [1.54, 1.807) is 5.06 Å². The molecule has 5 nitrogen and oxygen atoms in total. The Kier molecular flexibility index (Phi) is 3.48. The topological polar surface area (TPSA) is 68.0 Å². The van der Waals surface area contributed by atoms with Gasteiger partial charge in [-0.05, 0) is 0 Å². The molecule has 1 heterocycles. The summed E-state index contributed by atoms with van der Waals surface area (Å²) in [6.45, 7) is 2.64. The number of morpholine rings is 1. The van der Waals surface area contributed by atoms with Crippen molar-refractivity contribution in [3.05, 3.63) is 0 Å². The molecule has 1 aliphatic heterocycles. The van der Waals surface area contributed by atoms with Crippen LogP contribution in [0, 0.1) is 0 Å². The van der Waals surface area contributed by atoms with Gasteiger partial charge in [0.2, 0.25) is 0 Å². The maximum atomic E-state index is 8.64. The first-order valence-corrected chi connectivity index (χ1v) is 4.31. The highest BCUT2D eigenvalue weighted by molar-refractivity contribution is 7.43. The molecule has 1 aliphatic rings. The van der Waals surface area contributed by atoms with Crippen LogP contribution in [0.5, 0.6) is 0 Å². The van der Waals surface area contributed by atoms with Crippen molar-refractivity contribution in [1.82, 2.24) is 5.06 Å². The molecule has 6 heteroatoms. The molecule has 1 unspecified atom stereocenters. The van der Waals surface area contributed by atoms with Crippen LogP contribution in [0.25, 0.3) is 0 Å². The monoisotopic (exact) mass is 166 g/mol. The number of hydrogen-bond donors (Lipinski definition) is 2. The smallest absolute Gasteiger partial charge is 0.268 e. The predicted molar refractivity (Wildman–Crippen MR) is 36.8 cm³/mol. The van der Waals surface area contributed by atoms with Gasteiger partial charge in [0.05, 0.1) is 13.2 Å². The zero-order chi connectivity index (χ0) is 7.40. The van der Waals surface area contributed by atoms with E-state index in [2.05, 4.69) is 0 Å². The molecule has 0 amide bonds. The first kappa shape index (κ1) is 8.33. The Balaban J connectivity index is 2.13. The molecule has 0 aromatic heterocycles. The largest absolute Gasteiger partial charge is 0.379 e. The van der Waals surface area contributed by atoms with E-state index in [0.717, 1.165) is 0 Å². The van der Waals surface area contributed by atoms with E-state index in [9.17, 15) is 0 Å². The molecule has 10 heavy (non-hydrogen) atoms. The van der Waals surface area contributed by atoms with Gasteiger partial charge in [-0.15, -0.1) is 0 Å². The summed E-state index contributed by atoms with van der Waals surface area (Å²) >= 11 is 0. The van der Waals surface area contributed by atoms with E-state index >= 15 is 0 Å². The van der Waals surface area contributed by atoms with Crippen LogP contribution in [0.1, 0.15) is 0 Å². The number of rotatable bonds is 2. The minimum Gasteiger partial charge on any atom is -0.379 e. The molecule has 0 bridgehead atoms. The number of nitrogens with two attached hydrogens (primary N) is 1. The van der Waals surface area contributed by atoms with Gasteiger partial charge in [0.1, 0.15) is 0 Å². The maximum Gasteiger partial charge on any atom is 0.268 e. The highest BCUT2D eigenvalue weighted by Gasteiger charge is 2.12. The lowest BCUT2D eigenvalue weighted by molar-refractivity contribution is -0.117. The lowest BCUT2D eigenvalue weighted by atomic mass is 10.5. The van der Waals surface area contributed by atoms with Gasteiger partial charge >= 0.3 is 0 Å². The van der Waals surface area contributed by atoms with Crippen molar-refractivity contribution in [2.45, 2.75) is 0 Å². The molecule has 1 rings (SSSR count). The minimum atomic E-state index is -1.75. The van der Waals surface area contributed by atoms with Crippen LogP contribution in [0.15, 0.2) is 0 Å².